The molecule has 2 rings (SSSR count). The number of hydrogen-bond acceptors (Lipinski definition) is 1. The summed E-state index contributed by atoms with van der Waals surface area (Å²) < 4.78 is 2.55. The minimum atomic E-state index is 0.340. The molecule has 0 saturated heterocycles. The van der Waals surface area contributed by atoms with E-state index in [2.05, 4.69) is 18.2 Å². The molecule has 0 unspecified atom stereocenters. The number of benzene rings is 1. The second kappa shape index (κ2) is 3.84. The molecule has 14 heavy (non-hydrogen) atoms. The molecule has 0 amide bonds. The SMILES string of the molecule is Cc1[se]c(-c2ccccc2)cc1C#N. The third-order valence-electron chi connectivity index (χ3n) is 2.10. The molecule has 0 fully saturated rings. The van der Waals surface area contributed by atoms with E-state index < -0.39 is 0 Å². The zero-order chi connectivity index (χ0) is 9.97. The van der Waals surface area contributed by atoms with Gasteiger partial charge in [-0.1, -0.05) is 0 Å². The Labute approximate surface area is 89.4 Å². The summed E-state index contributed by atoms with van der Waals surface area (Å²) in [6.07, 6.45) is 0. The van der Waals surface area contributed by atoms with Gasteiger partial charge in [0.25, 0.3) is 0 Å². The van der Waals surface area contributed by atoms with Gasteiger partial charge in [0.15, 0.2) is 0 Å². The van der Waals surface area contributed by atoms with Crippen LogP contribution in [0.3, 0.4) is 0 Å². The Kier molecular flexibility index (Phi) is 2.54. The van der Waals surface area contributed by atoms with Gasteiger partial charge in [-0.25, -0.2) is 0 Å². The summed E-state index contributed by atoms with van der Waals surface area (Å²) in [7, 11) is 0. The van der Waals surface area contributed by atoms with E-state index in [-0.39, 0.29) is 0 Å². The Hall–Kier alpha value is -1.29. The normalized spacial score (nSPS) is 9.71. The van der Waals surface area contributed by atoms with Crippen LogP contribution in [0.25, 0.3) is 10.0 Å². The molecule has 0 aliphatic heterocycles. The molecule has 2 aromatic rings. The Morgan fingerprint density at radius 1 is 1.21 bits per heavy atom. The van der Waals surface area contributed by atoms with Gasteiger partial charge in [0.2, 0.25) is 0 Å². The average molecular weight is 246 g/mol. The van der Waals surface area contributed by atoms with Crippen LogP contribution in [0, 0.1) is 18.3 Å². The van der Waals surface area contributed by atoms with Crippen LogP contribution < -0.4 is 0 Å². The van der Waals surface area contributed by atoms with Gasteiger partial charge in [0.05, 0.1) is 0 Å². The van der Waals surface area contributed by atoms with Gasteiger partial charge in [-0.3, -0.25) is 0 Å². The summed E-state index contributed by atoms with van der Waals surface area (Å²) in [5.41, 5.74) is 2.10. The van der Waals surface area contributed by atoms with Gasteiger partial charge < -0.3 is 0 Å². The molecule has 0 aliphatic rings. The number of nitriles is 1. The van der Waals surface area contributed by atoms with E-state index in [0.717, 1.165) is 5.56 Å². The van der Waals surface area contributed by atoms with E-state index in [0.29, 0.717) is 14.5 Å². The fraction of sp³-hybridized carbons (Fsp3) is 0.0833. The summed E-state index contributed by atoms with van der Waals surface area (Å²) in [4.78, 5) is 0. The molecule has 68 valence electrons. The first-order chi connectivity index (χ1) is 6.81. The maximum atomic E-state index is 8.86. The van der Waals surface area contributed by atoms with Gasteiger partial charge in [0.1, 0.15) is 0 Å². The predicted octanol–water partition coefficient (Wildman–Crippen LogP) is 2.59. The van der Waals surface area contributed by atoms with Crippen molar-refractivity contribution in [2.45, 2.75) is 6.92 Å². The Morgan fingerprint density at radius 2 is 1.93 bits per heavy atom. The molecule has 2 heteroatoms. The fourth-order valence-corrected chi connectivity index (χ4v) is 3.38. The van der Waals surface area contributed by atoms with Crippen LogP contribution in [-0.4, -0.2) is 14.5 Å². The molecule has 1 aromatic heterocycles. The standard InChI is InChI=1S/C12H9NSe/c1-9-11(8-13)7-12(14-9)10-5-3-2-4-6-10/h2-7H,1H3. The molecule has 0 radical (unpaired) electrons. The Bertz CT molecular complexity index is 477. The first kappa shape index (κ1) is 9.27. The van der Waals surface area contributed by atoms with E-state index in [1.54, 1.807) is 0 Å². The third-order valence-corrected chi connectivity index (χ3v) is 4.40. The van der Waals surface area contributed by atoms with Crippen molar-refractivity contribution in [2.75, 3.05) is 0 Å². The van der Waals surface area contributed by atoms with Crippen LogP contribution in [0.5, 0.6) is 0 Å². The summed E-state index contributed by atoms with van der Waals surface area (Å²) in [6, 6.07) is 14.5. The van der Waals surface area contributed by atoms with Gasteiger partial charge in [-0.2, -0.15) is 0 Å². The zero-order valence-corrected chi connectivity index (χ0v) is 9.53. The molecule has 0 atom stereocenters. The molecule has 0 N–H and O–H groups in total. The third kappa shape index (κ3) is 1.65. The predicted molar refractivity (Wildman–Crippen MR) is 58.3 cm³/mol. The van der Waals surface area contributed by atoms with E-state index in [4.69, 9.17) is 5.26 Å². The maximum absolute atomic E-state index is 8.86. The monoisotopic (exact) mass is 247 g/mol. The van der Waals surface area contributed by atoms with Crippen molar-refractivity contribution in [3.05, 3.63) is 46.4 Å². The molecule has 0 aliphatic carbocycles. The first-order valence-electron chi connectivity index (χ1n) is 4.37. The molecule has 1 aromatic carbocycles. The van der Waals surface area contributed by atoms with Crippen molar-refractivity contribution in [1.82, 2.24) is 0 Å². The molecule has 1 nitrogen and oxygen atoms in total. The molecular weight excluding hydrogens is 237 g/mol. The van der Waals surface area contributed by atoms with Gasteiger partial charge in [-0.15, -0.1) is 0 Å². The van der Waals surface area contributed by atoms with Gasteiger partial charge >= 0.3 is 89.2 Å². The fourth-order valence-electron chi connectivity index (χ4n) is 1.34. The van der Waals surface area contributed by atoms with Crippen LogP contribution in [-0.2, 0) is 0 Å². The molecule has 0 bridgehead atoms. The van der Waals surface area contributed by atoms with E-state index >= 15 is 0 Å². The Morgan fingerprint density at radius 3 is 2.50 bits per heavy atom. The number of rotatable bonds is 1. The molecule has 0 spiro atoms. The Balaban J connectivity index is 2.50. The molecular formula is C12H9NSe. The number of hydrogen-bond donors (Lipinski definition) is 0. The van der Waals surface area contributed by atoms with Crippen molar-refractivity contribution in [3.8, 4) is 16.1 Å². The molecule has 0 saturated carbocycles. The summed E-state index contributed by atoms with van der Waals surface area (Å²) in [5, 5.41) is 8.86. The summed E-state index contributed by atoms with van der Waals surface area (Å²) >= 11 is 0.340. The second-order valence-electron chi connectivity index (χ2n) is 3.06. The van der Waals surface area contributed by atoms with Crippen LogP contribution in [0.4, 0.5) is 0 Å². The second-order valence-corrected chi connectivity index (χ2v) is 5.69. The summed E-state index contributed by atoms with van der Waals surface area (Å²) in [6.45, 7) is 2.05. The van der Waals surface area contributed by atoms with Crippen molar-refractivity contribution >= 4 is 14.5 Å². The van der Waals surface area contributed by atoms with E-state index in [1.165, 1.54) is 14.4 Å². The average Bonchev–Trinajstić information content (AvgIpc) is 2.61. The first-order valence-corrected chi connectivity index (χ1v) is 6.08. The number of aryl methyl sites for hydroxylation is 1. The van der Waals surface area contributed by atoms with Crippen LogP contribution in [0.2, 0.25) is 0 Å². The number of nitrogens with zero attached hydrogens (tertiary/aromatic N) is 1. The van der Waals surface area contributed by atoms with Crippen LogP contribution in [0.15, 0.2) is 36.4 Å². The van der Waals surface area contributed by atoms with E-state index in [9.17, 15) is 0 Å². The summed E-state index contributed by atoms with van der Waals surface area (Å²) in [5.74, 6) is 0. The zero-order valence-electron chi connectivity index (χ0n) is 7.82. The van der Waals surface area contributed by atoms with Crippen molar-refractivity contribution < 1.29 is 0 Å². The van der Waals surface area contributed by atoms with Crippen LogP contribution in [0.1, 0.15) is 10.0 Å². The molecule has 1 heterocycles. The van der Waals surface area contributed by atoms with Crippen molar-refractivity contribution in [1.29, 1.82) is 5.26 Å². The topological polar surface area (TPSA) is 23.8 Å². The van der Waals surface area contributed by atoms with Gasteiger partial charge in [0, 0.05) is 0 Å². The minimum absolute atomic E-state index is 0.340. The van der Waals surface area contributed by atoms with E-state index in [1.807, 2.05) is 31.2 Å². The van der Waals surface area contributed by atoms with Gasteiger partial charge in [-0.05, 0) is 0 Å². The quantitative estimate of drug-likeness (QED) is 0.709. The van der Waals surface area contributed by atoms with Crippen LogP contribution >= 0.6 is 0 Å². The van der Waals surface area contributed by atoms with Crippen molar-refractivity contribution in [3.63, 3.8) is 0 Å². The van der Waals surface area contributed by atoms with Crippen molar-refractivity contribution in [2.24, 2.45) is 0 Å².